The van der Waals surface area contributed by atoms with Gasteiger partial charge in [0.25, 0.3) is 10.0 Å². The number of hydrogen-bond donors (Lipinski definition) is 2. The molecule has 0 aliphatic carbocycles. The van der Waals surface area contributed by atoms with Crippen molar-refractivity contribution in [3.8, 4) is 0 Å². The van der Waals surface area contributed by atoms with Gasteiger partial charge in [0.2, 0.25) is 0 Å². The Bertz CT molecular complexity index is 1210. The minimum absolute atomic E-state index is 0.0370. The minimum atomic E-state index is -3.76. The van der Waals surface area contributed by atoms with E-state index in [0.717, 1.165) is 16.9 Å². The zero-order valence-corrected chi connectivity index (χ0v) is 18.7. The van der Waals surface area contributed by atoms with Crippen molar-refractivity contribution in [3.05, 3.63) is 76.9 Å². The molecule has 2 aromatic carbocycles. The maximum absolute atomic E-state index is 13.4. The normalized spacial score (nSPS) is 15.0. The summed E-state index contributed by atoms with van der Waals surface area (Å²) in [7, 11) is -3.76. The summed E-state index contributed by atoms with van der Waals surface area (Å²) in [6, 6.07) is 14.2. The van der Waals surface area contributed by atoms with Gasteiger partial charge in [0.05, 0.1) is 11.3 Å². The van der Waals surface area contributed by atoms with Crippen molar-refractivity contribution in [2.75, 3.05) is 35.8 Å². The number of hydrogen-bond acceptors (Lipinski definition) is 6. The number of aromatic carboxylic acids is 1. The molecule has 7 nitrogen and oxygen atoms in total. The number of halogens is 1. The summed E-state index contributed by atoms with van der Waals surface area (Å²) in [5.74, 6) is -1.39. The van der Waals surface area contributed by atoms with E-state index in [1.165, 1.54) is 24.3 Å². The van der Waals surface area contributed by atoms with Crippen LogP contribution in [0.1, 0.15) is 15.9 Å². The molecule has 3 aromatic rings. The molecule has 1 aliphatic heterocycles. The molecule has 0 unspecified atom stereocenters. The quantitative estimate of drug-likeness (QED) is 0.542. The number of anilines is 2. The van der Waals surface area contributed by atoms with Crippen molar-refractivity contribution >= 4 is 38.7 Å². The van der Waals surface area contributed by atoms with Crippen LogP contribution in [0.15, 0.2) is 64.2 Å². The van der Waals surface area contributed by atoms with Crippen molar-refractivity contribution < 1.29 is 22.7 Å². The van der Waals surface area contributed by atoms with Crippen LogP contribution in [0.3, 0.4) is 0 Å². The van der Waals surface area contributed by atoms with E-state index < -0.39 is 16.0 Å². The number of benzene rings is 2. The first-order valence-corrected chi connectivity index (χ1v) is 12.3. The van der Waals surface area contributed by atoms with Crippen molar-refractivity contribution in [3.63, 3.8) is 0 Å². The van der Waals surface area contributed by atoms with E-state index in [1.807, 2.05) is 11.0 Å². The highest BCUT2D eigenvalue weighted by molar-refractivity contribution is 7.94. The third kappa shape index (κ3) is 5.09. The average Bonchev–Trinajstić information content (AvgIpc) is 3.30. The van der Waals surface area contributed by atoms with Crippen LogP contribution in [0.5, 0.6) is 0 Å². The summed E-state index contributed by atoms with van der Waals surface area (Å²) in [5, 5.41) is 11.4. The molecular weight excluding hydrogens is 453 g/mol. The topological polar surface area (TPSA) is 89.9 Å². The number of nitrogens with one attached hydrogen (secondary N) is 1. The van der Waals surface area contributed by atoms with Gasteiger partial charge < -0.3 is 10.0 Å². The number of carbonyl (C=O) groups is 1. The van der Waals surface area contributed by atoms with Crippen molar-refractivity contribution in [1.29, 1.82) is 0 Å². The van der Waals surface area contributed by atoms with Gasteiger partial charge in [0, 0.05) is 38.4 Å². The number of piperazine rings is 1. The standard InChI is InChI=1S/C22H22FN3O4S2/c23-17-4-1-3-16(13-17)15-25-8-10-26(11-9-25)20-7-6-18(14-19(20)22(27)28)24-32(29,30)21-5-2-12-31-21/h1-7,12-14,24H,8-11,15H2,(H,27,28). The first-order valence-electron chi connectivity index (χ1n) is 9.97. The number of rotatable bonds is 7. The van der Waals surface area contributed by atoms with Gasteiger partial charge in [0.1, 0.15) is 10.0 Å². The van der Waals surface area contributed by atoms with Gasteiger partial charge >= 0.3 is 5.97 Å². The second kappa shape index (κ2) is 9.27. The SMILES string of the molecule is O=C(O)c1cc(NS(=O)(=O)c2cccs2)ccc1N1CCN(Cc2cccc(F)c2)CC1. The molecule has 2 heterocycles. The zero-order valence-electron chi connectivity index (χ0n) is 17.1. The number of sulfonamides is 1. The summed E-state index contributed by atoms with van der Waals surface area (Å²) in [4.78, 5) is 16.1. The van der Waals surface area contributed by atoms with Crippen LogP contribution in [-0.4, -0.2) is 50.6 Å². The summed E-state index contributed by atoms with van der Waals surface area (Å²) in [6.45, 7) is 3.23. The van der Waals surface area contributed by atoms with E-state index in [0.29, 0.717) is 38.4 Å². The zero-order chi connectivity index (χ0) is 22.7. The first-order chi connectivity index (χ1) is 15.3. The molecule has 10 heteroatoms. The second-order valence-corrected chi connectivity index (χ2v) is 10.3. The van der Waals surface area contributed by atoms with Gasteiger partial charge in [-0.25, -0.2) is 17.6 Å². The van der Waals surface area contributed by atoms with Gasteiger partial charge in [-0.3, -0.25) is 9.62 Å². The lowest BCUT2D eigenvalue weighted by atomic mass is 10.1. The van der Waals surface area contributed by atoms with E-state index in [9.17, 15) is 22.7 Å². The van der Waals surface area contributed by atoms with Gasteiger partial charge in [-0.2, -0.15) is 0 Å². The molecule has 0 saturated carbocycles. The molecule has 1 aromatic heterocycles. The highest BCUT2D eigenvalue weighted by Gasteiger charge is 2.23. The summed E-state index contributed by atoms with van der Waals surface area (Å²) >= 11 is 1.09. The maximum atomic E-state index is 13.4. The fourth-order valence-corrected chi connectivity index (χ4v) is 5.75. The number of thiophene rings is 1. The molecule has 168 valence electrons. The fraction of sp³-hybridized carbons (Fsp3) is 0.227. The molecule has 0 radical (unpaired) electrons. The van der Waals surface area contributed by atoms with Gasteiger partial charge in [0.15, 0.2) is 0 Å². The molecule has 1 saturated heterocycles. The molecule has 1 fully saturated rings. The monoisotopic (exact) mass is 475 g/mol. The van der Waals surface area contributed by atoms with Gasteiger partial charge in [-0.1, -0.05) is 18.2 Å². The molecule has 0 atom stereocenters. The lowest BCUT2D eigenvalue weighted by Gasteiger charge is -2.36. The Balaban J connectivity index is 1.46. The second-order valence-electron chi connectivity index (χ2n) is 7.47. The highest BCUT2D eigenvalue weighted by atomic mass is 32.2. The van der Waals surface area contributed by atoms with E-state index >= 15 is 0 Å². The van der Waals surface area contributed by atoms with E-state index in [-0.39, 0.29) is 21.3 Å². The molecular formula is C22H22FN3O4S2. The Morgan fingerprint density at radius 2 is 1.84 bits per heavy atom. The highest BCUT2D eigenvalue weighted by Crippen LogP contribution is 2.28. The molecule has 0 bridgehead atoms. The van der Waals surface area contributed by atoms with E-state index in [1.54, 1.807) is 29.6 Å². The van der Waals surface area contributed by atoms with Crippen LogP contribution in [0.2, 0.25) is 0 Å². The summed E-state index contributed by atoms with van der Waals surface area (Å²) in [5.41, 5.74) is 1.67. The van der Waals surface area contributed by atoms with Gasteiger partial charge in [-0.05, 0) is 47.3 Å². The van der Waals surface area contributed by atoms with E-state index in [4.69, 9.17) is 0 Å². The largest absolute Gasteiger partial charge is 0.478 e. The van der Waals surface area contributed by atoms with Crippen LogP contribution in [0, 0.1) is 5.82 Å². The van der Waals surface area contributed by atoms with Gasteiger partial charge in [-0.15, -0.1) is 11.3 Å². The van der Waals surface area contributed by atoms with Crippen LogP contribution < -0.4 is 9.62 Å². The molecule has 32 heavy (non-hydrogen) atoms. The number of carboxylic acids is 1. The minimum Gasteiger partial charge on any atom is -0.478 e. The third-order valence-corrected chi connectivity index (χ3v) is 8.03. The predicted octanol–water partition coefficient (Wildman–Crippen LogP) is 3.71. The predicted molar refractivity (Wildman–Crippen MR) is 122 cm³/mol. The molecule has 4 rings (SSSR count). The lowest BCUT2D eigenvalue weighted by Crippen LogP contribution is -2.46. The third-order valence-electron chi connectivity index (χ3n) is 5.25. The van der Waals surface area contributed by atoms with Crippen LogP contribution in [0.25, 0.3) is 0 Å². The summed E-state index contributed by atoms with van der Waals surface area (Å²) < 4.78 is 40.9. The summed E-state index contributed by atoms with van der Waals surface area (Å²) in [6.07, 6.45) is 0. The molecule has 2 N–H and O–H groups in total. The van der Waals surface area contributed by atoms with Crippen molar-refractivity contribution in [2.45, 2.75) is 10.8 Å². The van der Waals surface area contributed by atoms with E-state index in [2.05, 4.69) is 9.62 Å². The Kier molecular flexibility index (Phi) is 6.45. The maximum Gasteiger partial charge on any atom is 0.337 e. The van der Waals surface area contributed by atoms with Crippen LogP contribution >= 0.6 is 11.3 Å². The number of nitrogens with zero attached hydrogens (tertiary/aromatic N) is 2. The molecule has 1 aliphatic rings. The Morgan fingerprint density at radius 1 is 1.06 bits per heavy atom. The molecule has 0 spiro atoms. The van der Waals surface area contributed by atoms with Crippen molar-refractivity contribution in [1.82, 2.24) is 4.90 Å². The van der Waals surface area contributed by atoms with Crippen molar-refractivity contribution in [2.24, 2.45) is 0 Å². The fourth-order valence-electron chi connectivity index (χ4n) is 3.71. The van der Waals surface area contributed by atoms with Crippen LogP contribution in [-0.2, 0) is 16.6 Å². The average molecular weight is 476 g/mol. The smallest absolute Gasteiger partial charge is 0.337 e. The van der Waals surface area contributed by atoms with Crippen LogP contribution in [0.4, 0.5) is 15.8 Å². The lowest BCUT2D eigenvalue weighted by molar-refractivity contribution is 0.0697. The number of carboxylic acid groups (broad SMARTS) is 1. The Morgan fingerprint density at radius 3 is 2.50 bits per heavy atom. The first kappa shape index (κ1) is 22.3. The Labute approximate surface area is 189 Å². The Hall–Kier alpha value is -2.95. The molecule has 0 amide bonds.